The van der Waals surface area contributed by atoms with E-state index in [4.69, 9.17) is 10.5 Å². The van der Waals surface area contributed by atoms with Gasteiger partial charge in [-0.15, -0.1) is 0 Å². The highest BCUT2D eigenvalue weighted by molar-refractivity contribution is 9.10. The Bertz CT molecular complexity index is 449. The Kier molecular flexibility index (Phi) is 7.02. The summed E-state index contributed by atoms with van der Waals surface area (Å²) in [6.45, 7) is 4.82. The van der Waals surface area contributed by atoms with Gasteiger partial charge in [0.1, 0.15) is 5.75 Å². The van der Waals surface area contributed by atoms with E-state index in [1.807, 2.05) is 12.1 Å². The molecule has 1 aromatic carbocycles. The molecular weight excluding hydrogens is 320 g/mol. The largest absolute Gasteiger partial charge is 0.495 e. The van der Waals surface area contributed by atoms with Crippen molar-refractivity contribution in [2.75, 3.05) is 19.0 Å². The molecule has 0 saturated heterocycles. The van der Waals surface area contributed by atoms with Crippen LogP contribution in [0.1, 0.15) is 26.7 Å². The van der Waals surface area contributed by atoms with Gasteiger partial charge in [0.05, 0.1) is 11.6 Å². The summed E-state index contributed by atoms with van der Waals surface area (Å²) in [6.07, 6.45) is 1.42. The van der Waals surface area contributed by atoms with E-state index in [1.165, 1.54) is 0 Å². The van der Waals surface area contributed by atoms with Crippen LogP contribution in [0.2, 0.25) is 0 Å². The van der Waals surface area contributed by atoms with E-state index < -0.39 is 0 Å². The second kappa shape index (κ2) is 8.27. The van der Waals surface area contributed by atoms with Crippen LogP contribution in [0.4, 0.5) is 5.69 Å². The fourth-order valence-corrected chi connectivity index (χ4v) is 2.55. The summed E-state index contributed by atoms with van der Waals surface area (Å²) in [4.78, 5) is 12.0. The monoisotopic (exact) mass is 342 g/mol. The van der Waals surface area contributed by atoms with Gasteiger partial charge in [0, 0.05) is 18.2 Å². The van der Waals surface area contributed by atoms with E-state index in [0.29, 0.717) is 24.6 Å². The summed E-state index contributed by atoms with van der Waals surface area (Å²) in [7, 11) is 1.60. The SMILES string of the molecule is COc1cc(NC(=O)C[C@@H](CN)CC(C)C)ccc1Br. The summed E-state index contributed by atoms with van der Waals surface area (Å²) < 4.78 is 6.06. The minimum Gasteiger partial charge on any atom is -0.495 e. The number of hydrogen-bond acceptors (Lipinski definition) is 3. The van der Waals surface area contributed by atoms with Gasteiger partial charge in [-0.1, -0.05) is 13.8 Å². The van der Waals surface area contributed by atoms with Crippen molar-refractivity contribution in [3.05, 3.63) is 22.7 Å². The van der Waals surface area contributed by atoms with Crippen LogP contribution in [0.5, 0.6) is 5.75 Å². The summed E-state index contributed by atoms with van der Waals surface area (Å²) >= 11 is 3.38. The molecule has 0 aliphatic rings. The van der Waals surface area contributed by atoms with Crippen molar-refractivity contribution < 1.29 is 9.53 Å². The summed E-state index contributed by atoms with van der Waals surface area (Å²) in [5.41, 5.74) is 6.45. The number of nitrogens with two attached hydrogens (primary N) is 1. The molecule has 4 nitrogen and oxygen atoms in total. The Morgan fingerprint density at radius 2 is 2.15 bits per heavy atom. The Balaban J connectivity index is 2.61. The number of carbonyl (C=O) groups excluding carboxylic acids is 1. The van der Waals surface area contributed by atoms with E-state index in [2.05, 4.69) is 35.1 Å². The number of benzene rings is 1. The Morgan fingerprint density at radius 1 is 1.45 bits per heavy atom. The molecule has 0 bridgehead atoms. The van der Waals surface area contributed by atoms with Gasteiger partial charge in [0.25, 0.3) is 0 Å². The Labute approximate surface area is 129 Å². The predicted molar refractivity (Wildman–Crippen MR) is 85.9 cm³/mol. The van der Waals surface area contributed by atoms with Gasteiger partial charge in [-0.25, -0.2) is 0 Å². The molecule has 5 heteroatoms. The molecule has 112 valence electrons. The van der Waals surface area contributed by atoms with Crippen molar-refractivity contribution in [1.29, 1.82) is 0 Å². The number of ether oxygens (including phenoxy) is 1. The highest BCUT2D eigenvalue weighted by Crippen LogP contribution is 2.28. The fourth-order valence-electron chi connectivity index (χ4n) is 2.14. The maximum Gasteiger partial charge on any atom is 0.224 e. The van der Waals surface area contributed by atoms with Crippen LogP contribution in [0.25, 0.3) is 0 Å². The van der Waals surface area contributed by atoms with Gasteiger partial charge in [0.15, 0.2) is 0 Å². The molecule has 0 aliphatic carbocycles. The first-order chi connectivity index (χ1) is 9.46. The third kappa shape index (κ3) is 5.51. The number of nitrogens with one attached hydrogen (secondary N) is 1. The van der Waals surface area contributed by atoms with E-state index in [1.54, 1.807) is 13.2 Å². The van der Waals surface area contributed by atoms with Crippen molar-refractivity contribution >= 4 is 27.5 Å². The number of hydrogen-bond donors (Lipinski definition) is 2. The Morgan fingerprint density at radius 3 is 2.70 bits per heavy atom. The van der Waals surface area contributed by atoms with Crippen molar-refractivity contribution in [3.8, 4) is 5.75 Å². The Hall–Kier alpha value is -1.07. The molecule has 20 heavy (non-hydrogen) atoms. The molecule has 0 aliphatic heterocycles. The molecule has 1 aromatic rings. The van der Waals surface area contributed by atoms with Crippen LogP contribution in [-0.2, 0) is 4.79 Å². The summed E-state index contributed by atoms with van der Waals surface area (Å²) in [5, 5.41) is 2.89. The zero-order valence-corrected chi connectivity index (χ0v) is 13.9. The molecule has 0 unspecified atom stereocenters. The first kappa shape index (κ1) is 17.0. The van der Waals surface area contributed by atoms with Crippen molar-refractivity contribution in [1.82, 2.24) is 0 Å². The maximum atomic E-state index is 12.0. The summed E-state index contributed by atoms with van der Waals surface area (Å²) in [5.74, 6) is 1.46. The average Bonchev–Trinajstić information content (AvgIpc) is 2.39. The molecule has 1 atom stereocenters. The van der Waals surface area contributed by atoms with Gasteiger partial charge in [-0.3, -0.25) is 4.79 Å². The first-order valence-electron chi connectivity index (χ1n) is 6.79. The van der Waals surface area contributed by atoms with Crippen LogP contribution in [0, 0.1) is 11.8 Å². The zero-order chi connectivity index (χ0) is 15.1. The van der Waals surface area contributed by atoms with Crippen LogP contribution in [0.3, 0.4) is 0 Å². The number of carbonyl (C=O) groups is 1. The predicted octanol–water partition coefficient (Wildman–Crippen LogP) is 3.41. The molecule has 0 aromatic heterocycles. The number of methoxy groups -OCH3 is 1. The van der Waals surface area contributed by atoms with Crippen LogP contribution in [0.15, 0.2) is 22.7 Å². The van der Waals surface area contributed by atoms with Gasteiger partial charge in [-0.2, -0.15) is 0 Å². The number of anilines is 1. The highest BCUT2D eigenvalue weighted by Gasteiger charge is 2.14. The van der Waals surface area contributed by atoms with E-state index in [-0.39, 0.29) is 11.8 Å². The molecule has 3 N–H and O–H groups in total. The molecule has 1 rings (SSSR count). The minimum atomic E-state index is -0.00882. The van der Waals surface area contributed by atoms with Crippen LogP contribution < -0.4 is 15.8 Å². The van der Waals surface area contributed by atoms with Crippen LogP contribution >= 0.6 is 15.9 Å². The lowest BCUT2D eigenvalue weighted by Gasteiger charge is -2.16. The quantitative estimate of drug-likeness (QED) is 0.797. The van der Waals surface area contributed by atoms with E-state index in [0.717, 1.165) is 16.6 Å². The van der Waals surface area contributed by atoms with Crippen molar-refractivity contribution in [2.45, 2.75) is 26.7 Å². The second-order valence-electron chi connectivity index (χ2n) is 5.33. The molecule has 0 saturated carbocycles. The lowest BCUT2D eigenvalue weighted by atomic mass is 9.94. The van der Waals surface area contributed by atoms with E-state index >= 15 is 0 Å². The molecule has 0 radical (unpaired) electrons. The minimum absolute atomic E-state index is 0.00882. The molecule has 0 heterocycles. The average molecular weight is 343 g/mol. The van der Waals surface area contributed by atoms with Gasteiger partial charge in [0.2, 0.25) is 5.91 Å². The zero-order valence-electron chi connectivity index (χ0n) is 12.3. The van der Waals surface area contributed by atoms with Crippen molar-refractivity contribution in [2.24, 2.45) is 17.6 Å². The lowest BCUT2D eigenvalue weighted by Crippen LogP contribution is -2.23. The van der Waals surface area contributed by atoms with Crippen molar-refractivity contribution in [3.63, 3.8) is 0 Å². The normalized spacial score (nSPS) is 12.3. The molecule has 1 amide bonds. The number of amides is 1. The first-order valence-corrected chi connectivity index (χ1v) is 7.59. The summed E-state index contributed by atoms with van der Waals surface area (Å²) in [6, 6.07) is 5.48. The fraction of sp³-hybridized carbons (Fsp3) is 0.533. The third-order valence-corrected chi connectivity index (χ3v) is 3.70. The van der Waals surface area contributed by atoms with Gasteiger partial charge in [-0.05, 0) is 52.9 Å². The highest BCUT2D eigenvalue weighted by atomic mass is 79.9. The molecule has 0 fully saturated rings. The second-order valence-corrected chi connectivity index (χ2v) is 6.19. The van der Waals surface area contributed by atoms with Gasteiger partial charge < -0.3 is 15.8 Å². The molecular formula is C15H23BrN2O2. The van der Waals surface area contributed by atoms with Crippen LogP contribution in [-0.4, -0.2) is 19.6 Å². The maximum absolute atomic E-state index is 12.0. The molecule has 0 spiro atoms. The third-order valence-electron chi connectivity index (χ3n) is 3.05. The number of rotatable bonds is 7. The lowest BCUT2D eigenvalue weighted by molar-refractivity contribution is -0.117. The van der Waals surface area contributed by atoms with E-state index in [9.17, 15) is 4.79 Å². The smallest absolute Gasteiger partial charge is 0.224 e. The number of halogens is 1. The standard InChI is InChI=1S/C15H23BrN2O2/c1-10(2)6-11(9-17)7-15(19)18-12-4-5-13(16)14(8-12)20-3/h4-5,8,10-11H,6-7,9,17H2,1-3H3,(H,18,19)/t11-/m0/s1. The van der Waals surface area contributed by atoms with Gasteiger partial charge >= 0.3 is 0 Å². The topological polar surface area (TPSA) is 64.3 Å².